The predicted molar refractivity (Wildman–Crippen MR) is 87.6 cm³/mol. The number of nitrogens with zero attached hydrogens (tertiary/aromatic N) is 3. The summed E-state index contributed by atoms with van der Waals surface area (Å²) >= 11 is 0. The van der Waals surface area contributed by atoms with Crippen molar-refractivity contribution < 1.29 is 4.79 Å². The number of rotatable bonds is 6. The van der Waals surface area contributed by atoms with Gasteiger partial charge in [-0.3, -0.25) is 4.79 Å². The lowest BCUT2D eigenvalue weighted by Crippen LogP contribution is -2.30. The van der Waals surface area contributed by atoms with E-state index in [4.69, 9.17) is 0 Å². The highest BCUT2D eigenvalue weighted by molar-refractivity contribution is 5.93. The van der Waals surface area contributed by atoms with Crippen LogP contribution in [0.1, 0.15) is 36.7 Å². The molecule has 5 heteroatoms. The Morgan fingerprint density at radius 3 is 2.36 bits per heavy atom. The topological polar surface area (TPSA) is 58.1 Å². The van der Waals surface area contributed by atoms with Gasteiger partial charge in [0.05, 0.1) is 5.56 Å². The molecular formula is C17H22N4O. The SMILES string of the molecule is CCN(Cc1ccccc1)C(=O)c1cnc(NC(C)C)nc1. The minimum absolute atomic E-state index is 0.0533. The summed E-state index contributed by atoms with van der Waals surface area (Å²) in [6.45, 7) is 7.22. The minimum atomic E-state index is -0.0533. The number of amides is 1. The lowest BCUT2D eigenvalue weighted by molar-refractivity contribution is 0.0752. The molecule has 116 valence electrons. The Balaban J connectivity index is 2.08. The van der Waals surface area contributed by atoms with Crippen molar-refractivity contribution in [1.82, 2.24) is 14.9 Å². The van der Waals surface area contributed by atoms with Crippen molar-refractivity contribution >= 4 is 11.9 Å². The number of nitrogens with one attached hydrogen (secondary N) is 1. The molecule has 0 unspecified atom stereocenters. The third kappa shape index (κ3) is 4.28. The first kappa shape index (κ1) is 15.9. The van der Waals surface area contributed by atoms with Crippen LogP contribution < -0.4 is 5.32 Å². The molecule has 0 radical (unpaired) electrons. The standard InChI is InChI=1S/C17H22N4O/c1-4-21(12-14-8-6-5-7-9-14)16(22)15-10-18-17(19-11-15)20-13(2)3/h5-11,13H,4,12H2,1-3H3,(H,18,19,20). The fourth-order valence-electron chi connectivity index (χ4n) is 2.08. The van der Waals surface area contributed by atoms with Crippen LogP contribution in [-0.2, 0) is 6.54 Å². The molecule has 2 rings (SSSR count). The summed E-state index contributed by atoms with van der Waals surface area (Å²) in [5, 5.41) is 3.11. The molecule has 0 atom stereocenters. The molecule has 0 aliphatic carbocycles. The van der Waals surface area contributed by atoms with Gasteiger partial charge in [0, 0.05) is 31.5 Å². The highest BCUT2D eigenvalue weighted by Crippen LogP contribution is 2.10. The zero-order valence-electron chi connectivity index (χ0n) is 13.3. The molecule has 1 amide bonds. The fraction of sp³-hybridized carbons (Fsp3) is 0.353. The summed E-state index contributed by atoms with van der Waals surface area (Å²) in [7, 11) is 0. The molecule has 1 heterocycles. The second-order valence-electron chi connectivity index (χ2n) is 5.40. The number of anilines is 1. The third-order valence-corrected chi connectivity index (χ3v) is 3.20. The van der Waals surface area contributed by atoms with Gasteiger partial charge in [0.25, 0.3) is 5.91 Å². The van der Waals surface area contributed by atoms with Crippen LogP contribution in [0.3, 0.4) is 0 Å². The van der Waals surface area contributed by atoms with Gasteiger partial charge < -0.3 is 10.2 Å². The molecule has 1 aromatic heterocycles. The summed E-state index contributed by atoms with van der Waals surface area (Å²) in [5.41, 5.74) is 1.61. The molecular weight excluding hydrogens is 276 g/mol. The molecule has 0 spiro atoms. The van der Waals surface area contributed by atoms with Crippen LogP contribution >= 0.6 is 0 Å². The number of hydrogen-bond acceptors (Lipinski definition) is 4. The summed E-state index contributed by atoms with van der Waals surface area (Å²) in [6, 6.07) is 10.2. The molecule has 0 fully saturated rings. The average Bonchev–Trinajstić information content (AvgIpc) is 2.53. The van der Waals surface area contributed by atoms with E-state index in [2.05, 4.69) is 15.3 Å². The summed E-state index contributed by atoms with van der Waals surface area (Å²) in [6.07, 6.45) is 3.15. The maximum atomic E-state index is 12.5. The molecule has 1 aromatic carbocycles. The first-order chi connectivity index (χ1) is 10.6. The van der Waals surface area contributed by atoms with Crippen LogP contribution in [0.25, 0.3) is 0 Å². The zero-order chi connectivity index (χ0) is 15.9. The first-order valence-electron chi connectivity index (χ1n) is 7.52. The first-order valence-corrected chi connectivity index (χ1v) is 7.52. The fourth-order valence-corrected chi connectivity index (χ4v) is 2.08. The largest absolute Gasteiger partial charge is 0.352 e. The molecule has 2 aromatic rings. The van der Waals surface area contributed by atoms with Crippen LogP contribution in [-0.4, -0.2) is 33.4 Å². The maximum absolute atomic E-state index is 12.5. The summed E-state index contributed by atoms with van der Waals surface area (Å²) in [4.78, 5) is 22.7. The minimum Gasteiger partial charge on any atom is -0.352 e. The van der Waals surface area contributed by atoms with Gasteiger partial charge in [0.1, 0.15) is 0 Å². The monoisotopic (exact) mass is 298 g/mol. The van der Waals surface area contributed by atoms with Crippen molar-refractivity contribution in [2.75, 3.05) is 11.9 Å². The highest BCUT2D eigenvalue weighted by atomic mass is 16.2. The average molecular weight is 298 g/mol. The van der Waals surface area contributed by atoms with Crippen molar-refractivity contribution in [2.45, 2.75) is 33.4 Å². The smallest absolute Gasteiger partial charge is 0.257 e. The van der Waals surface area contributed by atoms with Crippen molar-refractivity contribution in [1.29, 1.82) is 0 Å². The van der Waals surface area contributed by atoms with E-state index in [9.17, 15) is 4.79 Å². The van der Waals surface area contributed by atoms with Gasteiger partial charge >= 0.3 is 0 Å². The van der Waals surface area contributed by atoms with E-state index in [1.165, 1.54) is 0 Å². The van der Waals surface area contributed by atoms with E-state index >= 15 is 0 Å². The van der Waals surface area contributed by atoms with E-state index in [1.807, 2.05) is 51.1 Å². The Kier molecular flexibility index (Phi) is 5.47. The van der Waals surface area contributed by atoms with E-state index in [1.54, 1.807) is 17.3 Å². The van der Waals surface area contributed by atoms with Crippen LogP contribution in [0.15, 0.2) is 42.7 Å². The highest BCUT2D eigenvalue weighted by Gasteiger charge is 2.15. The summed E-state index contributed by atoms with van der Waals surface area (Å²) < 4.78 is 0. The number of carbonyl (C=O) groups excluding carboxylic acids is 1. The lowest BCUT2D eigenvalue weighted by Gasteiger charge is -2.21. The molecule has 0 aliphatic heterocycles. The second-order valence-corrected chi connectivity index (χ2v) is 5.40. The molecule has 0 saturated carbocycles. The van der Waals surface area contributed by atoms with Gasteiger partial charge in [-0.05, 0) is 26.3 Å². The van der Waals surface area contributed by atoms with Crippen molar-refractivity contribution in [3.8, 4) is 0 Å². The molecule has 0 bridgehead atoms. The maximum Gasteiger partial charge on any atom is 0.257 e. The van der Waals surface area contributed by atoms with Crippen LogP contribution in [0.2, 0.25) is 0 Å². The molecule has 1 N–H and O–H groups in total. The van der Waals surface area contributed by atoms with Gasteiger partial charge in [-0.25, -0.2) is 9.97 Å². The predicted octanol–water partition coefficient (Wildman–Crippen LogP) is 2.96. The molecule has 0 saturated heterocycles. The number of benzene rings is 1. The number of aromatic nitrogens is 2. The van der Waals surface area contributed by atoms with Gasteiger partial charge in [0.15, 0.2) is 0 Å². The Labute approximate surface area is 131 Å². The molecule has 22 heavy (non-hydrogen) atoms. The Morgan fingerprint density at radius 1 is 1.18 bits per heavy atom. The van der Waals surface area contributed by atoms with Crippen molar-refractivity contribution in [3.63, 3.8) is 0 Å². The molecule has 5 nitrogen and oxygen atoms in total. The number of carbonyl (C=O) groups is 1. The Bertz CT molecular complexity index is 596. The Morgan fingerprint density at radius 2 is 1.82 bits per heavy atom. The van der Waals surface area contributed by atoms with Gasteiger partial charge in [-0.2, -0.15) is 0 Å². The number of hydrogen-bond donors (Lipinski definition) is 1. The Hall–Kier alpha value is -2.43. The quantitative estimate of drug-likeness (QED) is 0.890. The van der Waals surface area contributed by atoms with E-state index in [-0.39, 0.29) is 11.9 Å². The van der Waals surface area contributed by atoms with Gasteiger partial charge in [0.2, 0.25) is 5.95 Å². The van der Waals surface area contributed by atoms with Crippen LogP contribution in [0.5, 0.6) is 0 Å². The summed E-state index contributed by atoms with van der Waals surface area (Å²) in [5.74, 6) is 0.486. The van der Waals surface area contributed by atoms with Gasteiger partial charge in [-0.1, -0.05) is 30.3 Å². The van der Waals surface area contributed by atoms with Gasteiger partial charge in [-0.15, -0.1) is 0 Å². The second kappa shape index (κ2) is 7.54. The van der Waals surface area contributed by atoms with E-state index in [0.717, 1.165) is 5.56 Å². The molecule has 0 aliphatic rings. The van der Waals surface area contributed by atoms with Crippen LogP contribution in [0.4, 0.5) is 5.95 Å². The van der Waals surface area contributed by atoms with E-state index in [0.29, 0.717) is 24.6 Å². The van der Waals surface area contributed by atoms with Crippen molar-refractivity contribution in [3.05, 3.63) is 53.9 Å². The third-order valence-electron chi connectivity index (χ3n) is 3.20. The van der Waals surface area contributed by atoms with E-state index < -0.39 is 0 Å². The van der Waals surface area contributed by atoms with Crippen molar-refractivity contribution in [2.24, 2.45) is 0 Å². The normalized spacial score (nSPS) is 10.5. The lowest BCUT2D eigenvalue weighted by atomic mass is 10.2. The van der Waals surface area contributed by atoms with Crippen LogP contribution in [0, 0.1) is 0 Å². The zero-order valence-corrected chi connectivity index (χ0v) is 13.3.